The Morgan fingerprint density at radius 3 is 0.915 bits per heavy atom. The van der Waals surface area contributed by atoms with Gasteiger partial charge in [0, 0.05) is 29.3 Å². The van der Waals surface area contributed by atoms with Crippen molar-refractivity contribution in [1.82, 2.24) is 0 Å². The van der Waals surface area contributed by atoms with E-state index in [9.17, 15) is 19.2 Å². The standard InChI is InChI=1S/C32H24O8S7/c1-37-29(33)25-26(30(34)38-2)45-23(44-25)15-21-13-11-19(42-21)9-7-17-5-6-18(41-17)8-10-20-12-14-22(43-20)16-24-46-27(31(35)39-3)28(47-24)32(36)40-4/h5-16H,1-4H3/b9-7+,10-8+. The minimum absolute atomic E-state index is 0.234. The maximum Gasteiger partial charge on any atom is 0.346 e. The molecule has 0 saturated carbocycles. The predicted molar refractivity (Wildman–Crippen MR) is 199 cm³/mol. The molecule has 0 fully saturated rings. The number of thiophene rings is 3. The van der Waals surface area contributed by atoms with Crippen molar-refractivity contribution in [1.29, 1.82) is 0 Å². The number of esters is 4. The molecule has 2 aliphatic rings. The molecule has 5 rings (SSSR count). The molecule has 3 aromatic heterocycles. The van der Waals surface area contributed by atoms with Crippen LogP contribution in [0.5, 0.6) is 0 Å². The van der Waals surface area contributed by atoms with Gasteiger partial charge in [-0.05, 0) is 72.9 Å². The third-order valence-corrected chi connectivity index (χ3v) is 13.8. The first-order valence-electron chi connectivity index (χ1n) is 13.3. The van der Waals surface area contributed by atoms with Crippen LogP contribution in [0.25, 0.3) is 36.5 Å². The van der Waals surface area contributed by atoms with Crippen LogP contribution in [0, 0.1) is 0 Å². The van der Waals surface area contributed by atoms with Crippen LogP contribution < -0.4 is 0 Å². The van der Waals surface area contributed by atoms with E-state index in [2.05, 4.69) is 36.4 Å². The minimum atomic E-state index is -0.562. The zero-order chi connectivity index (χ0) is 33.5. The lowest BCUT2D eigenvalue weighted by Crippen LogP contribution is -2.08. The van der Waals surface area contributed by atoms with Gasteiger partial charge in [-0.2, -0.15) is 0 Å². The summed E-state index contributed by atoms with van der Waals surface area (Å²) in [7, 11) is 5.13. The molecule has 2 aliphatic heterocycles. The van der Waals surface area contributed by atoms with Gasteiger partial charge in [0.25, 0.3) is 0 Å². The molecule has 0 unspecified atom stereocenters. The van der Waals surface area contributed by atoms with Crippen LogP contribution in [-0.4, -0.2) is 52.3 Å². The molecule has 0 radical (unpaired) electrons. The van der Waals surface area contributed by atoms with Gasteiger partial charge in [0.15, 0.2) is 0 Å². The summed E-state index contributed by atoms with van der Waals surface area (Å²) in [5, 5.41) is 0. The molecule has 0 saturated heterocycles. The molecule has 15 heteroatoms. The van der Waals surface area contributed by atoms with E-state index in [-0.39, 0.29) is 19.6 Å². The Kier molecular flexibility index (Phi) is 12.2. The lowest BCUT2D eigenvalue weighted by atomic mass is 10.3. The zero-order valence-electron chi connectivity index (χ0n) is 25.1. The number of methoxy groups -OCH3 is 4. The fourth-order valence-corrected chi connectivity index (χ4v) is 11.4. The molecular formula is C32H24O8S7. The second-order valence-corrected chi connectivity index (χ2v) is 17.2. The van der Waals surface area contributed by atoms with Crippen LogP contribution in [0.2, 0.25) is 0 Å². The molecule has 0 aliphatic carbocycles. The maximum atomic E-state index is 12.1. The lowest BCUT2D eigenvalue weighted by Gasteiger charge is -2.00. The van der Waals surface area contributed by atoms with Crippen molar-refractivity contribution in [2.45, 2.75) is 0 Å². The van der Waals surface area contributed by atoms with Gasteiger partial charge in [-0.25, -0.2) is 19.2 Å². The first-order valence-corrected chi connectivity index (χ1v) is 19.0. The van der Waals surface area contributed by atoms with E-state index in [1.807, 2.05) is 36.4 Å². The fourth-order valence-electron chi connectivity index (χ4n) is 3.83. The van der Waals surface area contributed by atoms with Gasteiger partial charge in [0.2, 0.25) is 0 Å². The number of hydrogen-bond donors (Lipinski definition) is 0. The maximum absolute atomic E-state index is 12.1. The van der Waals surface area contributed by atoms with Crippen LogP contribution in [0.4, 0.5) is 0 Å². The van der Waals surface area contributed by atoms with E-state index < -0.39 is 23.9 Å². The third-order valence-electron chi connectivity index (χ3n) is 5.99. The Bertz CT molecular complexity index is 1720. The first kappa shape index (κ1) is 35.1. The molecule has 0 aromatic carbocycles. The van der Waals surface area contributed by atoms with E-state index in [0.717, 1.165) is 37.7 Å². The highest BCUT2D eigenvalue weighted by Gasteiger charge is 2.33. The predicted octanol–water partition coefficient (Wildman–Crippen LogP) is 8.88. The van der Waals surface area contributed by atoms with Crippen LogP contribution >= 0.6 is 81.1 Å². The molecule has 5 heterocycles. The van der Waals surface area contributed by atoms with Gasteiger partial charge >= 0.3 is 23.9 Å². The summed E-state index contributed by atoms with van der Waals surface area (Å²) < 4.78 is 20.9. The summed E-state index contributed by atoms with van der Waals surface area (Å²) >= 11 is 9.68. The van der Waals surface area contributed by atoms with Crippen LogP contribution in [0.1, 0.15) is 29.3 Å². The van der Waals surface area contributed by atoms with Gasteiger partial charge in [-0.15, -0.1) is 34.0 Å². The quantitative estimate of drug-likeness (QED) is 0.146. The molecule has 0 bridgehead atoms. The van der Waals surface area contributed by atoms with Crippen LogP contribution in [0.3, 0.4) is 0 Å². The normalized spacial score (nSPS) is 14.8. The van der Waals surface area contributed by atoms with Crippen molar-refractivity contribution >= 4 is 141 Å². The smallest absolute Gasteiger partial charge is 0.346 e. The largest absolute Gasteiger partial charge is 0.465 e. The summed E-state index contributed by atoms with van der Waals surface area (Å²) in [6, 6.07) is 12.2. The fraction of sp³-hybridized carbons (Fsp3) is 0.125. The van der Waals surface area contributed by atoms with Crippen molar-refractivity contribution in [2.75, 3.05) is 28.4 Å². The summed E-state index contributed by atoms with van der Waals surface area (Å²) in [4.78, 5) is 55.8. The van der Waals surface area contributed by atoms with Gasteiger partial charge in [-0.3, -0.25) is 0 Å². The van der Waals surface area contributed by atoms with E-state index in [0.29, 0.717) is 0 Å². The molecule has 0 atom stereocenters. The number of thioether (sulfide) groups is 4. The molecule has 0 spiro atoms. The Morgan fingerprint density at radius 1 is 0.426 bits per heavy atom. The topological polar surface area (TPSA) is 105 Å². The number of ether oxygens (including phenoxy) is 4. The Morgan fingerprint density at radius 2 is 0.660 bits per heavy atom. The Hall–Kier alpha value is -3.18. The number of carbonyl (C=O) groups excluding carboxylic acids is 4. The molecule has 47 heavy (non-hydrogen) atoms. The highest BCUT2D eigenvalue weighted by molar-refractivity contribution is 8.30. The van der Waals surface area contributed by atoms with Crippen molar-refractivity contribution in [3.63, 3.8) is 0 Å². The van der Waals surface area contributed by atoms with Crippen LogP contribution in [0.15, 0.2) is 64.5 Å². The summed E-state index contributed by atoms with van der Waals surface area (Å²) in [6.45, 7) is 0. The van der Waals surface area contributed by atoms with Crippen LogP contribution in [-0.2, 0) is 38.1 Å². The van der Waals surface area contributed by atoms with Gasteiger partial charge in [-0.1, -0.05) is 47.0 Å². The SMILES string of the molecule is COC(=O)C1=C(C(=O)OC)SC(=Cc2ccc(/C=C/c3ccc(/C=C/c4ccc(C=C5SC(C(=O)OC)=C(C(=O)OC)S5)s4)s3)s2)S1. The molecule has 8 nitrogen and oxygen atoms in total. The Balaban J connectivity index is 1.18. The van der Waals surface area contributed by atoms with Crippen molar-refractivity contribution in [3.8, 4) is 0 Å². The number of rotatable bonds is 10. The summed E-state index contributed by atoms with van der Waals surface area (Å²) in [5.41, 5.74) is 0. The van der Waals surface area contributed by atoms with E-state index in [1.165, 1.54) is 75.5 Å². The van der Waals surface area contributed by atoms with E-state index >= 15 is 0 Å². The molecular weight excluding hydrogens is 737 g/mol. The number of hydrogen-bond acceptors (Lipinski definition) is 15. The molecule has 3 aromatic rings. The minimum Gasteiger partial charge on any atom is -0.465 e. The average molecular weight is 761 g/mol. The monoisotopic (exact) mass is 760 g/mol. The van der Waals surface area contributed by atoms with Gasteiger partial charge in [0.05, 0.1) is 36.9 Å². The van der Waals surface area contributed by atoms with E-state index in [4.69, 9.17) is 18.9 Å². The molecule has 242 valence electrons. The lowest BCUT2D eigenvalue weighted by molar-refractivity contribution is -0.138. The number of carbonyl (C=O) groups is 4. The van der Waals surface area contributed by atoms with Gasteiger partial charge in [0.1, 0.15) is 19.6 Å². The second-order valence-electron chi connectivity index (χ2n) is 9.00. The van der Waals surface area contributed by atoms with Gasteiger partial charge < -0.3 is 18.9 Å². The zero-order valence-corrected chi connectivity index (χ0v) is 30.8. The highest BCUT2D eigenvalue weighted by Crippen LogP contribution is 2.52. The average Bonchev–Trinajstić information content (AvgIpc) is 3.93. The molecule has 0 N–H and O–H groups in total. The Labute approximate surface area is 299 Å². The first-order chi connectivity index (χ1) is 22.7. The van der Waals surface area contributed by atoms with Crippen molar-refractivity contribution in [3.05, 3.63) is 93.8 Å². The highest BCUT2D eigenvalue weighted by atomic mass is 32.2. The molecule has 0 amide bonds. The van der Waals surface area contributed by atoms with Crippen molar-refractivity contribution < 1.29 is 38.1 Å². The summed E-state index contributed by atoms with van der Waals surface area (Å²) in [5.74, 6) is -2.25. The van der Waals surface area contributed by atoms with E-state index in [1.54, 1.807) is 34.0 Å². The third kappa shape index (κ3) is 8.84. The second kappa shape index (κ2) is 16.3. The van der Waals surface area contributed by atoms with Crippen molar-refractivity contribution in [2.24, 2.45) is 0 Å². The summed E-state index contributed by atoms with van der Waals surface area (Å²) in [6.07, 6.45) is 12.1.